The van der Waals surface area contributed by atoms with Gasteiger partial charge in [0.15, 0.2) is 0 Å². The Kier molecular flexibility index (Phi) is 5.87. The van der Waals surface area contributed by atoms with Crippen LogP contribution >= 0.6 is 0 Å². The summed E-state index contributed by atoms with van der Waals surface area (Å²) in [6.45, 7) is 4.65. The molecule has 2 rings (SSSR count). The van der Waals surface area contributed by atoms with Crippen LogP contribution in [-0.2, 0) is 4.79 Å². The lowest BCUT2D eigenvalue weighted by atomic mass is 9.99. The molecule has 1 amide bonds. The van der Waals surface area contributed by atoms with E-state index in [4.69, 9.17) is 4.74 Å². The zero-order chi connectivity index (χ0) is 14.2. The Morgan fingerprint density at radius 2 is 2.40 bits per heavy atom. The number of nitrogens with one attached hydrogen (secondary N) is 2. The highest BCUT2D eigenvalue weighted by molar-refractivity contribution is 5.92. The molecule has 1 aromatic rings. The molecule has 0 bridgehead atoms. The lowest BCUT2D eigenvalue weighted by Gasteiger charge is -2.22. The maximum atomic E-state index is 12.1. The molecule has 2 N–H and O–H groups in total. The number of unbranched alkanes of at least 4 members (excludes halogenated alkanes) is 1. The van der Waals surface area contributed by atoms with Gasteiger partial charge in [0.2, 0.25) is 5.91 Å². The smallest absolute Gasteiger partial charge is 0.228 e. The molecule has 1 fully saturated rings. The second kappa shape index (κ2) is 7.90. The minimum absolute atomic E-state index is 0.0772. The molecule has 0 saturated carbocycles. The lowest BCUT2D eigenvalue weighted by Crippen LogP contribution is -2.37. The van der Waals surface area contributed by atoms with E-state index in [0.717, 1.165) is 56.8 Å². The van der Waals surface area contributed by atoms with Crippen molar-refractivity contribution in [2.24, 2.45) is 5.92 Å². The fraction of sp³-hybridized carbons (Fsp3) is 0.562. The molecule has 1 saturated heterocycles. The molecule has 1 aliphatic rings. The van der Waals surface area contributed by atoms with Gasteiger partial charge in [-0.05, 0) is 37.9 Å². The molecule has 20 heavy (non-hydrogen) atoms. The Bertz CT molecular complexity index is 428. The second-order valence-corrected chi connectivity index (χ2v) is 5.26. The van der Waals surface area contributed by atoms with Gasteiger partial charge in [-0.2, -0.15) is 0 Å². The summed E-state index contributed by atoms with van der Waals surface area (Å²) in [6, 6.07) is 7.63. The largest absolute Gasteiger partial charge is 0.494 e. The van der Waals surface area contributed by atoms with E-state index in [0.29, 0.717) is 0 Å². The third-order valence-electron chi connectivity index (χ3n) is 3.54. The number of carbonyl (C=O) groups is 1. The molecule has 0 radical (unpaired) electrons. The highest BCUT2D eigenvalue weighted by atomic mass is 16.5. The summed E-state index contributed by atoms with van der Waals surface area (Å²) in [7, 11) is 0. The van der Waals surface area contributed by atoms with E-state index in [-0.39, 0.29) is 11.8 Å². The maximum Gasteiger partial charge on any atom is 0.228 e. The van der Waals surface area contributed by atoms with E-state index in [1.807, 2.05) is 24.3 Å². The lowest BCUT2D eigenvalue weighted by molar-refractivity contribution is -0.120. The minimum Gasteiger partial charge on any atom is -0.494 e. The molecule has 0 aliphatic carbocycles. The molecule has 1 atom stereocenters. The number of hydrogen-bond acceptors (Lipinski definition) is 3. The summed E-state index contributed by atoms with van der Waals surface area (Å²) in [5.74, 6) is 0.995. The van der Waals surface area contributed by atoms with E-state index in [1.54, 1.807) is 0 Å². The van der Waals surface area contributed by atoms with Gasteiger partial charge >= 0.3 is 0 Å². The standard InChI is InChI=1S/C16H24N2O2/c1-2-3-10-20-15-8-4-7-14(11-15)18-16(19)13-6-5-9-17-12-13/h4,7-8,11,13,17H,2-3,5-6,9-10,12H2,1H3,(H,18,19). The number of carbonyl (C=O) groups excluding carboxylic acids is 1. The van der Waals surface area contributed by atoms with Crippen molar-refractivity contribution < 1.29 is 9.53 Å². The van der Waals surface area contributed by atoms with Gasteiger partial charge in [-0.3, -0.25) is 4.79 Å². The normalized spacial score (nSPS) is 18.6. The van der Waals surface area contributed by atoms with Crippen molar-refractivity contribution in [2.45, 2.75) is 32.6 Å². The van der Waals surface area contributed by atoms with Crippen LogP contribution < -0.4 is 15.4 Å². The number of anilines is 1. The fourth-order valence-corrected chi connectivity index (χ4v) is 2.32. The number of ether oxygens (including phenoxy) is 1. The van der Waals surface area contributed by atoms with Crippen molar-refractivity contribution in [1.82, 2.24) is 5.32 Å². The Labute approximate surface area is 120 Å². The van der Waals surface area contributed by atoms with Crippen LogP contribution in [0.2, 0.25) is 0 Å². The highest BCUT2D eigenvalue weighted by Gasteiger charge is 2.20. The van der Waals surface area contributed by atoms with Crippen molar-refractivity contribution >= 4 is 11.6 Å². The van der Waals surface area contributed by atoms with Crippen LogP contribution in [0.15, 0.2) is 24.3 Å². The van der Waals surface area contributed by atoms with Crippen LogP contribution in [0, 0.1) is 5.92 Å². The van der Waals surface area contributed by atoms with Gasteiger partial charge in [0, 0.05) is 18.3 Å². The van der Waals surface area contributed by atoms with Crippen molar-refractivity contribution in [3.05, 3.63) is 24.3 Å². The van der Waals surface area contributed by atoms with Gasteiger partial charge in [-0.25, -0.2) is 0 Å². The summed E-state index contributed by atoms with van der Waals surface area (Å²) in [5.41, 5.74) is 0.814. The van der Waals surface area contributed by atoms with E-state index < -0.39 is 0 Å². The zero-order valence-electron chi connectivity index (χ0n) is 12.2. The topological polar surface area (TPSA) is 50.4 Å². The predicted molar refractivity (Wildman–Crippen MR) is 81.1 cm³/mol. The Morgan fingerprint density at radius 3 is 3.15 bits per heavy atom. The third-order valence-corrected chi connectivity index (χ3v) is 3.54. The Hall–Kier alpha value is -1.55. The van der Waals surface area contributed by atoms with E-state index >= 15 is 0 Å². The molecule has 4 heteroatoms. The number of amides is 1. The van der Waals surface area contributed by atoms with Crippen LogP contribution in [0.1, 0.15) is 32.6 Å². The average molecular weight is 276 g/mol. The van der Waals surface area contributed by atoms with Crippen LogP contribution in [0.25, 0.3) is 0 Å². The summed E-state index contributed by atoms with van der Waals surface area (Å²) in [5, 5.41) is 6.25. The molecular formula is C16H24N2O2. The summed E-state index contributed by atoms with van der Waals surface area (Å²) in [6.07, 6.45) is 4.19. The zero-order valence-corrected chi connectivity index (χ0v) is 12.2. The molecular weight excluding hydrogens is 252 g/mol. The van der Waals surface area contributed by atoms with Gasteiger partial charge in [0.05, 0.1) is 12.5 Å². The quantitative estimate of drug-likeness (QED) is 0.786. The van der Waals surface area contributed by atoms with Crippen molar-refractivity contribution in [1.29, 1.82) is 0 Å². The van der Waals surface area contributed by atoms with E-state index in [9.17, 15) is 4.79 Å². The van der Waals surface area contributed by atoms with E-state index in [2.05, 4.69) is 17.6 Å². The Morgan fingerprint density at radius 1 is 1.50 bits per heavy atom. The summed E-state index contributed by atoms with van der Waals surface area (Å²) < 4.78 is 5.65. The van der Waals surface area contributed by atoms with Crippen molar-refractivity contribution in [3.8, 4) is 5.75 Å². The first-order valence-electron chi connectivity index (χ1n) is 7.54. The number of benzene rings is 1. The fourth-order valence-electron chi connectivity index (χ4n) is 2.32. The number of hydrogen-bond donors (Lipinski definition) is 2. The summed E-state index contributed by atoms with van der Waals surface area (Å²) >= 11 is 0. The van der Waals surface area contributed by atoms with Crippen LogP contribution in [0.4, 0.5) is 5.69 Å². The predicted octanol–water partition coefficient (Wildman–Crippen LogP) is 2.80. The average Bonchev–Trinajstić information content (AvgIpc) is 2.49. The molecule has 4 nitrogen and oxygen atoms in total. The highest BCUT2D eigenvalue weighted by Crippen LogP contribution is 2.19. The first kappa shape index (κ1) is 14.9. The molecule has 1 aliphatic heterocycles. The monoisotopic (exact) mass is 276 g/mol. The first-order chi connectivity index (χ1) is 9.79. The van der Waals surface area contributed by atoms with Gasteiger partial charge < -0.3 is 15.4 Å². The minimum atomic E-state index is 0.0772. The third kappa shape index (κ3) is 4.53. The number of piperidine rings is 1. The van der Waals surface area contributed by atoms with Crippen LogP contribution in [0.3, 0.4) is 0 Å². The molecule has 0 spiro atoms. The van der Waals surface area contributed by atoms with Gasteiger partial charge in [-0.1, -0.05) is 19.4 Å². The van der Waals surface area contributed by atoms with Crippen molar-refractivity contribution in [3.63, 3.8) is 0 Å². The van der Waals surface area contributed by atoms with Gasteiger partial charge in [-0.15, -0.1) is 0 Å². The summed E-state index contributed by atoms with van der Waals surface area (Å²) in [4.78, 5) is 12.1. The van der Waals surface area contributed by atoms with Gasteiger partial charge in [0.25, 0.3) is 0 Å². The van der Waals surface area contributed by atoms with E-state index in [1.165, 1.54) is 0 Å². The second-order valence-electron chi connectivity index (χ2n) is 5.26. The van der Waals surface area contributed by atoms with Crippen molar-refractivity contribution in [2.75, 3.05) is 25.0 Å². The van der Waals surface area contributed by atoms with Crippen LogP contribution in [0.5, 0.6) is 5.75 Å². The molecule has 1 heterocycles. The number of rotatable bonds is 6. The molecule has 1 aromatic carbocycles. The maximum absolute atomic E-state index is 12.1. The molecule has 110 valence electrons. The molecule has 1 unspecified atom stereocenters. The SMILES string of the molecule is CCCCOc1cccc(NC(=O)C2CCCNC2)c1. The van der Waals surface area contributed by atoms with Gasteiger partial charge in [0.1, 0.15) is 5.75 Å². The first-order valence-corrected chi connectivity index (χ1v) is 7.54. The van der Waals surface area contributed by atoms with Crippen LogP contribution in [-0.4, -0.2) is 25.6 Å². The Balaban J connectivity index is 1.88. The molecule has 0 aromatic heterocycles.